The minimum Gasteiger partial charge on any atom is -0.497 e. The standard InChI is InChI=1S/C26H31F2NO5Si/c1-5-35(3,4)26-20(27)12-16(13-21(26)28)14-22(30)25-19-7-6-18(34-2)15-17(19)10-11-29(25)23(31)8-9-24(32)33/h6-7,12-13,15,25H,5,8-11,14H2,1-4H3,(H,32,33)/t25-/m1/s1. The Labute approximate surface area is 204 Å². The summed E-state index contributed by atoms with van der Waals surface area (Å²) in [5, 5.41) is 9.10. The molecule has 0 aromatic heterocycles. The van der Waals surface area contributed by atoms with Gasteiger partial charge in [-0.1, -0.05) is 32.1 Å². The van der Waals surface area contributed by atoms with Gasteiger partial charge in [0.1, 0.15) is 23.4 Å². The lowest BCUT2D eigenvalue weighted by Gasteiger charge is -2.37. The molecule has 35 heavy (non-hydrogen) atoms. The highest BCUT2D eigenvalue weighted by Gasteiger charge is 2.36. The van der Waals surface area contributed by atoms with E-state index in [1.54, 1.807) is 18.2 Å². The molecule has 1 heterocycles. The summed E-state index contributed by atoms with van der Waals surface area (Å²) in [6.07, 6.45) is -0.370. The number of benzene rings is 2. The average molecular weight is 504 g/mol. The molecule has 0 bridgehead atoms. The molecule has 0 unspecified atom stereocenters. The van der Waals surface area contributed by atoms with Gasteiger partial charge in [0.2, 0.25) is 5.91 Å². The molecular formula is C26H31F2NO5Si. The third-order valence-electron chi connectivity index (χ3n) is 6.80. The van der Waals surface area contributed by atoms with E-state index in [9.17, 15) is 23.2 Å². The lowest BCUT2D eigenvalue weighted by molar-refractivity contribution is -0.144. The average Bonchev–Trinajstić information content (AvgIpc) is 2.80. The number of amides is 1. The number of nitrogens with zero attached hydrogens (tertiary/aromatic N) is 1. The maximum Gasteiger partial charge on any atom is 0.303 e. The SMILES string of the molecule is CC[Si](C)(C)c1c(F)cc(CC(=O)[C@H]2c3ccc(OC)cc3CCN2C(=O)CCC(=O)O)cc1F. The van der Waals surface area contributed by atoms with Gasteiger partial charge < -0.3 is 14.7 Å². The first-order valence-electron chi connectivity index (χ1n) is 11.7. The van der Waals surface area contributed by atoms with Crippen LogP contribution in [0.5, 0.6) is 5.75 Å². The summed E-state index contributed by atoms with van der Waals surface area (Å²) in [6, 6.07) is 7.35. The molecule has 6 nitrogen and oxygen atoms in total. The van der Waals surface area contributed by atoms with Crippen molar-refractivity contribution in [1.82, 2.24) is 4.90 Å². The number of hydrogen-bond donors (Lipinski definition) is 1. The van der Waals surface area contributed by atoms with E-state index in [2.05, 4.69) is 0 Å². The molecule has 0 spiro atoms. The molecule has 9 heteroatoms. The van der Waals surface area contributed by atoms with Gasteiger partial charge in [0.05, 0.1) is 21.6 Å². The molecule has 2 aromatic carbocycles. The number of ketones is 1. The number of Topliss-reactive ketones (excluding diaryl/α,β-unsaturated/α-hetero) is 1. The summed E-state index contributed by atoms with van der Waals surface area (Å²) in [7, 11) is -0.754. The predicted molar refractivity (Wildman–Crippen MR) is 131 cm³/mol. The van der Waals surface area contributed by atoms with Gasteiger partial charge in [-0.25, -0.2) is 8.78 Å². The first-order chi connectivity index (χ1) is 16.5. The Morgan fingerprint density at radius 2 is 1.77 bits per heavy atom. The Hall–Kier alpha value is -3.07. The molecule has 1 aliphatic rings. The second-order valence-corrected chi connectivity index (χ2v) is 14.5. The Balaban J connectivity index is 1.96. The largest absolute Gasteiger partial charge is 0.497 e. The predicted octanol–water partition coefficient (Wildman–Crippen LogP) is 4.01. The summed E-state index contributed by atoms with van der Waals surface area (Å²) in [5.74, 6) is -2.62. The number of carbonyl (C=O) groups excluding carboxylic acids is 2. The lowest BCUT2D eigenvalue weighted by Crippen LogP contribution is -2.45. The lowest BCUT2D eigenvalue weighted by atomic mass is 9.87. The van der Waals surface area contributed by atoms with E-state index in [0.29, 0.717) is 23.8 Å². The molecule has 1 amide bonds. The van der Waals surface area contributed by atoms with Crippen LogP contribution in [0.15, 0.2) is 30.3 Å². The van der Waals surface area contributed by atoms with Crippen LogP contribution in [0.4, 0.5) is 8.78 Å². The van der Waals surface area contributed by atoms with E-state index in [1.165, 1.54) is 24.1 Å². The number of rotatable bonds is 9. The summed E-state index contributed by atoms with van der Waals surface area (Å²) in [5.41, 5.74) is 1.66. The van der Waals surface area contributed by atoms with Gasteiger partial charge >= 0.3 is 5.97 Å². The molecule has 3 rings (SSSR count). The van der Waals surface area contributed by atoms with Gasteiger partial charge in [-0.15, -0.1) is 0 Å². The number of carboxylic acids is 1. The van der Waals surface area contributed by atoms with Gasteiger partial charge in [0.25, 0.3) is 0 Å². The number of fused-ring (bicyclic) bond motifs is 1. The minimum atomic E-state index is -2.29. The van der Waals surface area contributed by atoms with Gasteiger partial charge in [-0.05, 0) is 47.4 Å². The molecular weight excluding hydrogens is 472 g/mol. The Bertz CT molecular complexity index is 1130. The van der Waals surface area contributed by atoms with Crippen LogP contribution in [-0.2, 0) is 27.2 Å². The fourth-order valence-corrected chi connectivity index (χ4v) is 6.34. The van der Waals surface area contributed by atoms with E-state index >= 15 is 0 Å². The fraction of sp³-hybridized carbons (Fsp3) is 0.423. The van der Waals surface area contributed by atoms with Gasteiger partial charge in [-0.3, -0.25) is 14.4 Å². The monoisotopic (exact) mass is 503 g/mol. The molecule has 1 aliphatic heterocycles. The van der Waals surface area contributed by atoms with Crippen LogP contribution in [0.25, 0.3) is 0 Å². The summed E-state index contributed by atoms with van der Waals surface area (Å²) >= 11 is 0. The fourth-order valence-electron chi connectivity index (χ4n) is 4.55. The number of aliphatic carboxylic acids is 1. The normalized spacial score (nSPS) is 15.5. The third kappa shape index (κ3) is 5.78. The van der Waals surface area contributed by atoms with Crippen LogP contribution >= 0.6 is 0 Å². The van der Waals surface area contributed by atoms with Crippen LogP contribution in [0.3, 0.4) is 0 Å². The zero-order valence-corrected chi connectivity index (χ0v) is 21.5. The molecule has 1 atom stereocenters. The molecule has 0 radical (unpaired) electrons. The van der Waals surface area contributed by atoms with Gasteiger partial charge in [0.15, 0.2) is 5.78 Å². The summed E-state index contributed by atoms with van der Waals surface area (Å²) < 4.78 is 35.2. The van der Waals surface area contributed by atoms with Crippen molar-refractivity contribution in [3.63, 3.8) is 0 Å². The van der Waals surface area contributed by atoms with Crippen molar-refractivity contribution in [1.29, 1.82) is 0 Å². The van der Waals surface area contributed by atoms with Crippen LogP contribution in [0.1, 0.15) is 42.5 Å². The first kappa shape index (κ1) is 26.5. The zero-order chi connectivity index (χ0) is 25.9. The van der Waals surface area contributed by atoms with Crippen molar-refractivity contribution in [2.45, 2.75) is 57.8 Å². The van der Waals surface area contributed by atoms with Crippen molar-refractivity contribution >= 4 is 30.9 Å². The Kier molecular flexibility index (Phi) is 8.10. The molecule has 0 aliphatic carbocycles. The third-order valence-corrected chi connectivity index (χ3v) is 10.4. The van der Waals surface area contributed by atoms with Crippen molar-refractivity contribution in [3.05, 3.63) is 58.7 Å². The van der Waals surface area contributed by atoms with Crippen LogP contribution < -0.4 is 9.92 Å². The molecule has 188 valence electrons. The second kappa shape index (κ2) is 10.7. The molecule has 1 N–H and O–H groups in total. The topological polar surface area (TPSA) is 83.9 Å². The van der Waals surface area contributed by atoms with Crippen LogP contribution in [0.2, 0.25) is 19.1 Å². The number of methoxy groups -OCH3 is 1. The Morgan fingerprint density at radius 1 is 1.11 bits per heavy atom. The van der Waals surface area contributed by atoms with E-state index in [4.69, 9.17) is 9.84 Å². The number of carboxylic acid groups (broad SMARTS) is 1. The van der Waals surface area contributed by atoms with E-state index in [0.717, 1.165) is 5.56 Å². The number of carbonyl (C=O) groups is 3. The number of ether oxygens (including phenoxy) is 1. The van der Waals surface area contributed by atoms with Crippen molar-refractivity contribution in [2.75, 3.05) is 13.7 Å². The highest BCUT2D eigenvalue weighted by molar-refractivity contribution is 6.89. The molecule has 0 saturated carbocycles. The highest BCUT2D eigenvalue weighted by Crippen LogP contribution is 2.34. The quantitative estimate of drug-likeness (QED) is 0.523. The van der Waals surface area contributed by atoms with E-state index < -0.39 is 43.4 Å². The summed E-state index contributed by atoms with van der Waals surface area (Å²) in [4.78, 5) is 38.7. The van der Waals surface area contributed by atoms with E-state index in [1.807, 2.05) is 20.0 Å². The van der Waals surface area contributed by atoms with Crippen molar-refractivity contribution in [2.24, 2.45) is 0 Å². The Morgan fingerprint density at radius 3 is 2.34 bits per heavy atom. The highest BCUT2D eigenvalue weighted by atomic mass is 28.3. The van der Waals surface area contributed by atoms with Gasteiger partial charge in [0, 0.05) is 24.6 Å². The zero-order valence-electron chi connectivity index (χ0n) is 20.5. The number of hydrogen-bond acceptors (Lipinski definition) is 4. The van der Waals surface area contributed by atoms with E-state index in [-0.39, 0.29) is 36.6 Å². The van der Waals surface area contributed by atoms with Crippen LogP contribution in [0, 0.1) is 11.6 Å². The molecule has 0 saturated heterocycles. The van der Waals surface area contributed by atoms with Crippen LogP contribution in [-0.4, -0.2) is 49.4 Å². The molecule has 2 aromatic rings. The van der Waals surface area contributed by atoms with Crippen molar-refractivity contribution < 1.29 is 33.0 Å². The molecule has 0 fully saturated rings. The number of halogens is 2. The van der Waals surface area contributed by atoms with Crippen molar-refractivity contribution in [3.8, 4) is 5.75 Å². The maximum atomic E-state index is 14.9. The maximum absolute atomic E-state index is 14.9. The smallest absolute Gasteiger partial charge is 0.303 e. The summed E-state index contributed by atoms with van der Waals surface area (Å²) in [6.45, 7) is 5.93. The minimum absolute atomic E-state index is 0.122. The first-order valence-corrected chi connectivity index (χ1v) is 14.9. The van der Waals surface area contributed by atoms with Gasteiger partial charge in [-0.2, -0.15) is 0 Å². The second-order valence-electron chi connectivity index (χ2n) is 9.51.